The second-order valence-corrected chi connectivity index (χ2v) is 6.44. The Morgan fingerprint density at radius 3 is 2.52 bits per heavy atom. The molecule has 1 saturated heterocycles. The normalized spacial score (nSPS) is 19.7. The van der Waals surface area contributed by atoms with Gasteiger partial charge in [0.05, 0.1) is 6.54 Å². The van der Waals surface area contributed by atoms with Crippen LogP contribution in [-0.2, 0) is 4.79 Å². The molecule has 1 heterocycles. The number of ketones is 1. The number of carbonyl (C=O) groups excluding carboxylic acids is 2. The van der Waals surface area contributed by atoms with Crippen LogP contribution in [-0.4, -0.2) is 29.7 Å². The molecule has 1 fully saturated rings. The Kier molecular flexibility index (Phi) is 5.16. The van der Waals surface area contributed by atoms with E-state index in [1.54, 1.807) is 4.90 Å². The molecule has 0 aliphatic carbocycles. The highest BCUT2D eigenvalue weighted by atomic mass is 16.2. The van der Waals surface area contributed by atoms with Gasteiger partial charge in [-0.05, 0) is 31.6 Å². The molecule has 1 aromatic carbocycles. The molecule has 0 saturated carbocycles. The first-order valence-corrected chi connectivity index (χ1v) is 7.85. The Bertz CT molecular complexity index is 504. The third-order valence-electron chi connectivity index (χ3n) is 4.50. The lowest BCUT2D eigenvalue weighted by Gasteiger charge is -2.21. The molecule has 1 aromatic rings. The van der Waals surface area contributed by atoms with Gasteiger partial charge in [-0.1, -0.05) is 43.7 Å². The number of aryl methyl sites for hydroxylation is 1. The number of hydrogen-bond donors (Lipinski definition) is 0. The van der Waals surface area contributed by atoms with Crippen LogP contribution < -0.4 is 0 Å². The molecule has 1 amide bonds. The summed E-state index contributed by atoms with van der Waals surface area (Å²) in [7, 11) is 0. The number of Topliss-reactive ketones (excluding diaryl/α,β-unsaturated/α-hetero) is 1. The van der Waals surface area contributed by atoms with Crippen LogP contribution in [0.5, 0.6) is 0 Å². The Hall–Kier alpha value is -1.64. The maximum atomic E-state index is 12.3. The topological polar surface area (TPSA) is 37.4 Å². The van der Waals surface area contributed by atoms with Gasteiger partial charge in [-0.25, -0.2) is 0 Å². The fourth-order valence-electron chi connectivity index (χ4n) is 2.90. The summed E-state index contributed by atoms with van der Waals surface area (Å²) < 4.78 is 0. The van der Waals surface area contributed by atoms with Crippen LogP contribution >= 0.6 is 0 Å². The maximum Gasteiger partial charge on any atom is 0.222 e. The first-order chi connectivity index (χ1) is 9.97. The van der Waals surface area contributed by atoms with Crippen LogP contribution in [0.4, 0.5) is 0 Å². The van der Waals surface area contributed by atoms with Crippen LogP contribution in [0.3, 0.4) is 0 Å². The average Bonchev–Trinajstić information content (AvgIpc) is 2.62. The van der Waals surface area contributed by atoms with Gasteiger partial charge < -0.3 is 4.90 Å². The van der Waals surface area contributed by atoms with Crippen LogP contribution in [0.15, 0.2) is 24.3 Å². The first kappa shape index (κ1) is 15.7. The van der Waals surface area contributed by atoms with E-state index in [0.29, 0.717) is 30.4 Å². The lowest BCUT2D eigenvalue weighted by atomic mass is 9.89. The van der Waals surface area contributed by atoms with E-state index in [1.807, 2.05) is 31.2 Å². The van der Waals surface area contributed by atoms with Crippen LogP contribution in [0, 0.1) is 18.8 Å². The molecule has 0 aromatic heterocycles. The molecule has 2 rings (SSSR count). The molecule has 114 valence electrons. The molecular weight excluding hydrogens is 262 g/mol. The van der Waals surface area contributed by atoms with Crippen molar-refractivity contribution in [3.8, 4) is 0 Å². The SMILES string of the molecule is Cc1ccc(C(=O)CN2CCC(C(C)C)CCC2=O)cc1. The summed E-state index contributed by atoms with van der Waals surface area (Å²) in [6.45, 7) is 7.34. The van der Waals surface area contributed by atoms with Crippen molar-refractivity contribution in [2.75, 3.05) is 13.1 Å². The van der Waals surface area contributed by atoms with Crippen molar-refractivity contribution in [3.05, 3.63) is 35.4 Å². The van der Waals surface area contributed by atoms with Gasteiger partial charge >= 0.3 is 0 Å². The Labute approximate surface area is 127 Å². The summed E-state index contributed by atoms with van der Waals surface area (Å²) in [5.41, 5.74) is 1.83. The number of hydrogen-bond acceptors (Lipinski definition) is 2. The van der Waals surface area contributed by atoms with Crippen molar-refractivity contribution < 1.29 is 9.59 Å². The van der Waals surface area contributed by atoms with Gasteiger partial charge in [0.15, 0.2) is 5.78 Å². The minimum atomic E-state index is 0.0337. The highest BCUT2D eigenvalue weighted by Gasteiger charge is 2.25. The highest BCUT2D eigenvalue weighted by Crippen LogP contribution is 2.25. The molecule has 3 nitrogen and oxygen atoms in total. The highest BCUT2D eigenvalue weighted by molar-refractivity contribution is 5.99. The molecule has 1 aliphatic rings. The molecule has 0 radical (unpaired) electrons. The van der Waals surface area contributed by atoms with Gasteiger partial charge in [0, 0.05) is 18.5 Å². The van der Waals surface area contributed by atoms with Crippen LogP contribution in [0.1, 0.15) is 49.0 Å². The van der Waals surface area contributed by atoms with Crippen LogP contribution in [0.2, 0.25) is 0 Å². The van der Waals surface area contributed by atoms with E-state index in [-0.39, 0.29) is 18.2 Å². The number of likely N-dealkylation sites (tertiary alicyclic amines) is 1. The lowest BCUT2D eigenvalue weighted by molar-refractivity contribution is -0.130. The molecule has 3 heteroatoms. The summed E-state index contributed by atoms with van der Waals surface area (Å²) >= 11 is 0. The standard InChI is InChI=1S/C18H25NO2/c1-13(2)15-8-9-18(21)19(11-10-15)12-17(20)16-6-4-14(3)5-7-16/h4-7,13,15H,8-12H2,1-3H3. The van der Waals surface area contributed by atoms with Crippen molar-refractivity contribution >= 4 is 11.7 Å². The molecule has 0 N–H and O–H groups in total. The molecule has 0 bridgehead atoms. The van der Waals surface area contributed by atoms with E-state index in [9.17, 15) is 9.59 Å². The Morgan fingerprint density at radius 2 is 1.90 bits per heavy atom. The van der Waals surface area contributed by atoms with E-state index >= 15 is 0 Å². The third-order valence-corrected chi connectivity index (χ3v) is 4.50. The summed E-state index contributed by atoms with van der Waals surface area (Å²) in [6.07, 6.45) is 2.53. The number of rotatable bonds is 4. The van der Waals surface area contributed by atoms with Crippen LogP contribution in [0.25, 0.3) is 0 Å². The molecule has 1 aliphatic heterocycles. The summed E-state index contributed by atoms with van der Waals surface area (Å²) in [6, 6.07) is 7.56. The van der Waals surface area contributed by atoms with Gasteiger partial charge in [0.25, 0.3) is 0 Å². The second-order valence-electron chi connectivity index (χ2n) is 6.44. The van der Waals surface area contributed by atoms with Gasteiger partial charge in [-0.15, -0.1) is 0 Å². The lowest BCUT2D eigenvalue weighted by Crippen LogP contribution is -2.35. The van der Waals surface area contributed by atoms with E-state index in [2.05, 4.69) is 13.8 Å². The van der Waals surface area contributed by atoms with E-state index in [1.165, 1.54) is 0 Å². The number of benzene rings is 1. The zero-order chi connectivity index (χ0) is 15.4. The summed E-state index contributed by atoms with van der Waals surface area (Å²) in [5, 5.41) is 0. The number of carbonyl (C=O) groups is 2. The van der Waals surface area contributed by atoms with Gasteiger partial charge in [0.1, 0.15) is 0 Å². The molecule has 1 unspecified atom stereocenters. The molecule has 21 heavy (non-hydrogen) atoms. The number of amides is 1. The summed E-state index contributed by atoms with van der Waals surface area (Å²) in [4.78, 5) is 26.2. The van der Waals surface area contributed by atoms with Crippen molar-refractivity contribution in [3.63, 3.8) is 0 Å². The van der Waals surface area contributed by atoms with Crippen molar-refractivity contribution in [1.29, 1.82) is 0 Å². The monoisotopic (exact) mass is 287 g/mol. The fraction of sp³-hybridized carbons (Fsp3) is 0.556. The van der Waals surface area contributed by atoms with Crippen molar-refractivity contribution in [1.82, 2.24) is 4.90 Å². The quantitative estimate of drug-likeness (QED) is 0.795. The maximum absolute atomic E-state index is 12.3. The zero-order valence-electron chi connectivity index (χ0n) is 13.3. The Morgan fingerprint density at radius 1 is 1.24 bits per heavy atom. The molecule has 1 atom stereocenters. The second kappa shape index (κ2) is 6.88. The Balaban J connectivity index is 1.99. The predicted octanol–water partition coefficient (Wildman–Crippen LogP) is 3.46. The minimum Gasteiger partial charge on any atom is -0.335 e. The molecular formula is C18H25NO2. The van der Waals surface area contributed by atoms with Gasteiger partial charge in [-0.2, -0.15) is 0 Å². The van der Waals surface area contributed by atoms with E-state index in [0.717, 1.165) is 18.4 Å². The largest absolute Gasteiger partial charge is 0.335 e. The minimum absolute atomic E-state index is 0.0337. The fourth-order valence-corrected chi connectivity index (χ4v) is 2.90. The third kappa shape index (κ3) is 4.16. The average molecular weight is 287 g/mol. The first-order valence-electron chi connectivity index (χ1n) is 7.85. The zero-order valence-corrected chi connectivity index (χ0v) is 13.3. The molecule has 0 spiro atoms. The van der Waals surface area contributed by atoms with E-state index in [4.69, 9.17) is 0 Å². The smallest absolute Gasteiger partial charge is 0.222 e. The van der Waals surface area contributed by atoms with Crippen molar-refractivity contribution in [2.45, 2.75) is 40.0 Å². The predicted molar refractivity (Wildman–Crippen MR) is 84.3 cm³/mol. The van der Waals surface area contributed by atoms with Gasteiger partial charge in [-0.3, -0.25) is 9.59 Å². The van der Waals surface area contributed by atoms with Crippen molar-refractivity contribution in [2.24, 2.45) is 11.8 Å². The number of nitrogens with zero attached hydrogens (tertiary/aromatic N) is 1. The van der Waals surface area contributed by atoms with Gasteiger partial charge in [0.2, 0.25) is 5.91 Å². The summed E-state index contributed by atoms with van der Waals surface area (Å²) in [5.74, 6) is 1.35. The van der Waals surface area contributed by atoms with E-state index < -0.39 is 0 Å².